The highest BCUT2D eigenvalue weighted by molar-refractivity contribution is 5.65. The molecule has 7 heteroatoms. The molecule has 29 heavy (non-hydrogen) atoms. The topological polar surface area (TPSA) is 69.2 Å². The summed E-state index contributed by atoms with van der Waals surface area (Å²) in [5.41, 5.74) is 5.41. The van der Waals surface area contributed by atoms with Gasteiger partial charge in [0.05, 0.1) is 6.20 Å². The van der Waals surface area contributed by atoms with E-state index in [1.807, 2.05) is 26.2 Å². The molecular weight excluding hydrogens is 362 g/mol. The van der Waals surface area contributed by atoms with Crippen molar-refractivity contribution in [2.45, 2.75) is 20.8 Å². The zero-order chi connectivity index (χ0) is 20.8. The Kier molecular flexibility index (Phi) is 6.49. The molecule has 0 saturated carbocycles. The van der Waals surface area contributed by atoms with Crippen LogP contribution >= 0.6 is 0 Å². The van der Waals surface area contributed by atoms with Crippen LogP contribution < -0.4 is 20.4 Å². The maximum absolute atomic E-state index is 4.54. The van der Waals surface area contributed by atoms with Crippen LogP contribution in [-0.2, 0) is 0 Å². The lowest BCUT2D eigenvalue weighted by molar-refractivity contribution is 0.865. The molecule has 0 spiro atoms. The first kappa shape index (κ1) is 20.4. The van der Waals surface area contributed by atoms with Crippen molar-refractivity contribution in [3.63, 3.8) is 0 Å². The first-order valence-electron chi connectivity index (χ1n) is 9.87. The van der Waals surface area contributed by atoms with Crippen LogP contribution in [0.25, 0.3) is 0 Å². The molecule has 0 atom stereocenters. The monoisotopic (exact) mass is 391 g/mol. The van der Waals surface area contributed by atoms with E-state index in [9.17, 15) is 0 Å². The summed E-state index contributed by atoms with van der Waals surface area (Å²) < 4.78 is 0. The van der Waals surface area contributed by atoms with Gasteiger partial charge in [-0.25, -0.2) is 0 Å². The van der Waals surface area contributed by atoms with Crippen molar-refractivity contribution in [2.24, 2.45) is 0 Å². The average Bonchev–Trinajstić information content (AvgIpc) is 2.71. The van der Waals surface area contributed by atoms with Crippen molar-refractivity contribution in [3.05, 3.63) is 54.2 Å². The maximum atomic E-state index is 4.54. The van der Waals surface area contributed by atoms with Crippen LogP contribution in [0, 0.1) is 6.92 Å². The highest BCUT2D eigenvalue weighted by atomic mass is 15.3. The van der Waals surface area contributed by atoms with Crippen molar-refractivity contribution in [1.82, 2.24) is 15.2 Å². The number of hydrogen-bond donors (Lipinski definition) is 2. The number of rotatable bonds is 8. The fourth-order valence-corrected chi connectivity index (χ4v) is 3.10. The predicted molar refractivity (Wildman–Crippen MR) is 122 cm³/mol. The van der Waals surface area contributed by atoms with E-state index in [1.54, 1.807) is 6.20 Å². The molecule has 1 heterocycles. The lowest BCUT2D eigenvalue weighted by Crippen LogP contribution is -2.21. The quantitative estimate of drug-likeness (QED) is 0.582. The Morgan fingerprint density at radius 2 is 1.59 bits per heavy atom. The molecule has 0 fully saturated rings. The Morgan fingerprint density at radius 3 is 2.21 bits per heavy atom. The van der Waals surface area contributed by atoms with Gasteiger partial charge in [-0.05, 0) is 68.8 Å². The van der Waals surface area contributed by atoms with Gasteiger partial charge in [0.1, 0.15) is 0 Å². The van der Waals surface area contributed by atoms with Crippen LogP contribution in [0.4, 0.5) is 34.5 Å². The Labute approximate surface area is 172 Å². The third-order valence-corrected chi connectivity index (χ3v) is 4.80. The van der Waals surface area contributed by atoms with Gasteiger partial charge in [-0.3, -0.25) is 0 Å². The molecule has 0 aliphatic carbocycles. The largest absolute Gasteiger partial charge is 0.378 e. The SMILES string of the molecule is CCN(CC)c1ccc(Nc2nncc(Nc3ccc(N(C)C)cc3)n2)c(C)c1. The normalized spacial score (nSPS) is 10.5. The van der Waals surface area contributed by atoms with E-state index >= 15 is 0 Å². The van der Waals surface area contributed by atoms with E-state index in [4.69, 9.17) is 0 Å². The van der Waals surface area contributed by atoms with Crippen molar-refractivity contribution >= 4 is 34.5 Å². The van der Waals surface area contributed by atoms with Crippen molar-refractivity contribution in [3.8, 4) is 0 Å². The van der Waals surface area contributed by atoms with Gasteiger partial charge in [0.15, 0.2) is 5.82 Å². The van der Waals surface area contributed by atoms with Gasteiger partial charge < -0.3 is 20.4 Å². The third kappa shape index (κ3) is 5.13. The van der Waals surface area contributed by atoms with Crippen LogP contribution in [0.5, 0.6) is 0 Å². The molecule has 0 unspecified atom stereocenters. The van der Waals surface area contributed by atoms with Gasteiger partial charge >= 0.3 is 0 Å². The minimum Gasteiger partial charge on any atom is -0.378 e. The highest BCUT2D eigenvalue weighted by Gasteiger charge is 2.08. The number of aromatic nitrogens is 3. The van der Waals surface area contributed by atoms with Gasteiger partial charge in [0.2, 0.25) is 5.95 Å². The van der Waals surface area contributed by atoms with E-state index in [2.05, 4.69) is 86.7 Å². The minimum absolute atomic E-state index is 0.457. The van der Waals surface area contributed by atoms with Crippen LogP contribution in [0.3, 0.4) is 0 Å². The van der Waals surface area contributed by atoms with E-state index in [1.165, 1.54) is 5.69 Å². The number of aryl methyl sites for hydroxylation is 1. The molecule has 0 radical (unpaired) electrons. The summed E-state index contributed by atoms with van der Waals surface area (Å²) in [6.07, 6.45) is 1.61. The molecule has 0 bridgehead atoms. The smallest absolute Gasteiger partial charge is 0.249 e. The molecular formula is C22H29N7. The third-order valence-electron chi connectivity index (χ3n) is 4.80. The van der Waals surface area contributed by atoms with Crippen molar-refractivity contribution < 1.29 is 0 Å². The zero-order valence-corrected chi connectivity index (χ0v) is 17.8. The number of hydrogen-bond acceptors (Lipinski definition) is 7. The van der Waals surface area contributed by atoms with Crippen LogP contribution in [0.2, 0.25) is 0 Å². The lowest BCUT2D eigenvalue weighted by Gasteiger charge is -2.22. The molecule has 0 saturated heterocycles. The van der Waals surface area contributed by atoms with Crippen molar-refractivity contribution in [2.75, 3.05) is 47.6 Å². The predicted octanol–water partition coefficient (Wildman–Crippen LogP) is 4.58. The van der Waals surface area contributed by atoms with Crippen LogP contribution in [0.15, 0.2) is 48.7 Å². The molecule has 7 nitrogen and oxygen atoms in total. The second-order valence-electron chi connectivity index (χ2n) is 7.03. The van der Waals surface area contributed by atoms with Gasteiger partial charge in [0.25, 0.3) is 0 Å². The first-order valence-corrected chi connectivity index (χ1v) is 9.87. The van der Waals surface area contributed by atoms with E-state index in [0.29, 0.717) is 11.8 Å². The molecule has 0 amide bonds. The van der Waals surface area contributed by atoms with E-state index in [0.717, 1.165) is 35.7 Å². The average molecular weight is 392 g/mol. The molecule has 2 aromatic carbocycles. The second-order valence-corrected chi connectivity index (χ2v) is 7.03. The molecule has 3 rings (SSSR count). The Bertz CT molecular complexity index is 934. The summed E-state index contributed by atoms with van der Waals surface area (Å²) in [5, 5.41) is 14.7. The summed E-state index contributed by atoms with van der Waals surface area (Å²) in [6, 6.07) is 14.5. The Morgan fingerprint density at radius 1 is 0.897 bits per heavy atom. The molecule has 1 aromatic heterocycles. The molecule has 0 aliphatic rings. The number of nitrogens with one attached hydrogen (secondary N) is 2. The summed E-state index contributed by atoms with van der Waals surface area (Å²) in [7, 11) is 4.04. The van der Waals surface area contributed by atoms with E-state index < -0.39 is 0 Å². The summed E-state index contributed by atoms with van der Waals surface area (Å²) in [6.45, 7) is 8.38. The molecule has 3 aromatic rings. The lowest BCUT2D eigenvalue weighted by atomic mass is 10.1. The van der Waals surface area contributed by atoms with Gasteiger partial charge in [-0.2, -0.15) is 10.1 Å². The first-order chi connectivity index (χ1) is 14.0. The fourth-order valence-electron chi connectivity index (χ4n) is 3.10. The summed E-state index contributed by atoms with van der Waals surface area (Å²) >= 11 is 0. The van der Waals surface area contributed by atoms with Gasteiger partial charge in [-0.15, -0.1) is 5.10 Å². The second kappa shape index (κ2) is 9.23. The number of benzene rings is 2. The van der Waals surface area contributed by atoms with Gasteiger partial charge in [0, 0.05) is 49.9 Å². The summed E-state index contributed by atoms with van der Waals surface area (Å²) in [4.78, 5) is 8.92. The molecule has 152 valence electrons. The minimum atomic E-state index is 0.457. The zero-order valence-electron chi connectivity index (χ0n) is 17.8. The highest BCUT2D eigenvalue weighted by Crippen LogP contribution is 2.25. The van der Waals surface area contributed by atoms with Gasteiger partial charge in [-0.1, -0.05) is 0 Å². The standard InChI is InChI=1S/C22H29N7/c1-6-29(7-2)19-12-13-20(16(3)14-19)25-22-26-21(15-23-27-22)24-17-8-10-18(11-9-17)28(4)5/h8-15H,6-7H2,1-5H3,(H2,24,25,26,27). The van der Waals surface area contributed by atoms with E-state index in [-0.39, 0.29) is 0 Å². The summed E-state index contributed by atoms with van der Waals surface area (Å²) in [5.74, 6) is 1.09. The molecule has 0 aliphatic heterocycles. The Balaban J connectivity index is 1.73. The Hall–Kier alpha value is -3.35. The maximum Gasteiger partial charge on any atom is 0.249 e. The fraction of sp³-hybridized carbons (Fsp3) is 0.318. The molecule has 2 N–H and O–H groups in total. The number of anilines is 6. The van der Waals surface area contributed by atoms with Crippen molar-refractivity contribution in [1.29, 1.82) is 0 Å². The van der Waals surface area contributed by atoms with Crippen LogP contribution in [-0.4, -0.2) is 42.4 Å². The van der Waals surface area contributed by atoms with Crippen LogP contribution in [0.1, 0.15) is 19.4 Å². The number of nitrogens with zero attached hydrogens (tertiary/aromatic N) is 5.